The standard InChI is InChI=1S/C21H29FN2O/c22-18-9-7-17(8-10-18)21(11-3-4-12-21)20(25)24-15-13-23(14-16-24)19-5-1-2-6-19/h7-10,19H,1-6,11-16H2. The molecule has 0 atom stereocenters. The largest absolute Gasteiger partial charge is 0.339 e. The van der Waals surface area contributed by atoms with Crippen molar-refractivity contribution in [2.45, 2.75) is 62.8 Å². The van der Waals surface area contributed by atoms with Crippen LogP contribution in [0.3, 0.4) is 0 Å². The lowest BCUT2D eigenvalue weighted by atomic mass is 9.77. The van der Waals surface area contributed by atoms with Crippen LogP contribution in [0.4, 0.5) is 4.39 Å². The van der Waals surface area contributed by atoms with E-state index in [0.29, 0.717) is 0 Å². The summed E-state index contributed by atoms with van der Waals surface area (Å²) in [5.41, 5.74) is 0.595. The molecule has 2 saturated carbocycles. The van der Waals surface area contributed by atoms with Gasteiger partial charge in [0.05, 0.1) is 5.41 Å². The summed E-state index contributed by atoms with van der Waals surface area (Å²) < 4.78 is 13.3. The SMILES string of the molecule is O=C(N1CCN(C2CCCC2)CC1)C1(c2ccc(F)cc2)CCCC1. The first-order valence-corrected chi connectivity index (χ1v) is 9.98. The average Bonchev–Trinajstić information content (AvgIpc) is 3.34. The van der Waals surface area contributed by atoms with Gasteiger partial charge in [-0.25, -0.2) is 4.39 Å². The van der Waals surface area contributed by atoms with Gasteiger partial charge in [0, 0.05) is 32.2 Å². The molecule has 1 amide bonds. The molecule has 25 heavy (non-hydrogen) atoms. The Labute approximate surface area is 150 Å². The van der Waals surface area contributed by atoms with Crippen molar-refractivity contribution in [2.75, 3.05) is 26.2 Å². The molecule has 1 aromatic rings. The van der Waals surface area contributed by atoms with Crippen LogP contribution in [0.5, 0.6) is 0 Å². The van der Waals surface area contributed by atoms with Crippen molar-refractivity contribution in [3.63, 3.8) is 0 Å². The molecule has 1 heterocycles. The summed E-state index contributed by atoms with van der Waals surface area (Å²) in [6.45, 7) is 3.71. The lowest BCUT2D eigenvalue weighted by Crippen LogP contribution is -2.55. The van der Waals surface area contributed by atoms with Crippen molar-refractivity contribution >= 4 is 5.91 Å². The minimum absolute atomic E-state index is 0.227. The van der Waals surface area contributed by atoms with E-state index >= 15 is 0 Å². The van der Waals surface area contributed by atoms with Crippen molar-refractivity contribution in [3.8, 4) is 0 Å². The van der Waals surface area contributed by atoms with E-state index in [1.165, 1.54) is 37.8 Å². The molecule has 1 aromatic carbocycles. The zero-order chi connectivity index (χ0) is 17.3. The highest BCUT2D eigenvalue weighted by atomic mass is 19.1. The molecule has 2 aliphatic carbocycles. The number of halogens is 1. The number of carbonyl (C=O) groups is 1. The highest BCUT2D eigenvalue weighted by Gasteiger charge is 2.45. The molecule has 3 nitrogen and oxygen atoms in total. The third kappa shape index (κ3) is 3.21. The van der Waals surface area contributed by atoms with Crippen molar-refractivity contribution in [1.82, 2.24) is 9.80 Å². The second-order valence-electron chi connectivity index (χ2n) is 8.06. The van der Waals surface area contributed by atoms with E-state index in [1.54, 1.807) is 0 Å². The van der Waals surface area contributed by atoms with Crippen LogP contribution >= 0.6 is 0 Å². The fourth-order valence-electron chi connectivity index (χ4n) is 5.24. The molecule has 136 valence electrons. The predicted molar refractivity (Wildman–Crippen MR) is 97.0 cm³/mol. The predicted octanol–water partition coefficient (Wildman–Crippen LogP) is 3.72. The zero-order valence-electron chi connectivity index (χ0n) is 15.1. The van der Waals surface area contributed by atoms with Gasteiger partial charge in [-0.3, -0.25) is 9.69 Å². The Hall–Kier alpha value is -1.42. The third-order valence-corrected chi connectivity index (χ3v) is 6.71. The zero-order valence-corrected chi connectivity index (χ0v) is 15.1. The number of amides is 1. The number of carbonyl (C=O) groups excluding carboxylic acids is 1. The van der Waals surface area contributed by atoms with Gasteiger partial charge in [0.1, 0.15) is 5.82 Å². The summed E-state index contributed by atoms with van der Waals surface area (Å²) in [4.78, 5) is 18.1. The minimum Gasteiger partial charge on any atom is -0.339 e. The molecule has 0 radical (unpaired) electrons. The lowest BCUT2D eigenvalue weighted by molar-refractivity contribution is -0.139. The first-order chi connectivity index (χ1) is 12.2. The van der Waals surface area contributed by atoms with Gasteiger partial charge in [0.2, 0.25) is 5.91 Å². The molecule has 3 fully saturated rings. The topological polar surface area (TPSA) is 23.6 Å². The van der Waals surface area contributed by atoms with E-state index in [2.05, 4.69) is 9.80 Å². The Morgan fingerprint density at radius 2 is 1.52 bits per heavy atom. The maximum absolute atomic E-state index is 13.4. The molecule has 3 aliphatic rings. The molecule has 1 saturated heterocycles. The van der Waals surface area contributed by atoms with Crippen molar-refractivity contribution in [1.29, 1.82) is 0 Å². The van der Waals surface area contributed by atoms with Crippen LogP contribution < -0.4 is 0 Å². The minimum atomic E-state index is -0.413. The van der Waals surface area contributed by atoms with Crippen LogP contribution in [0.25, 0.3) is 0 Å². The molecule has 0 aromatic heterocycles. The Kier molecular flexibility index (Phi) is 4.81. The Bertz CT molecular complexity index is 595. The second kappa shape index (κ2) is 7.06. The van der Waals surface area contributed by atoms with Crippen LogP contribution in [-0.4, -0.2) is 47.9 Å². The van der Waals surface area contributed by atoms with E-state index < -0.39 is 5.41 Å². The molecule has 0 bridgehead atoms. The van der Waals surface area contributed by atoms with Gasteiger partial charge in [-0.1, -0.05) is 37.8 Å². The molecule has 0 N–H and O–H groups in total. The lowest BCUT2D eigenvalue weighted by Gasteiger charge is -2.42. The van der Waals surface area contributed by atoms with Gasteiger partial charge < -0.3 is 4.90 Å². The Morgan fingerprint density at radius 3 is 2.12 bits per heavy atom. The summed E-state index contributed by atoms with van der Waals surface area (Å²) in [6.07, 6.45) is 9.35. The normalized spacial score (nSPS) is 24.8. The number of benzene rings is 1. The van der Waals surface area contributed by atoms with Crippen molar-refractivity contribution in [3.05, 3.63) is 35.6 Å². The fourth-order valence-corrected chi connectivity index (χ4v) is 5.24. The van der Waals surface area contributed by atoms with Crippen LogP contribution in [0, 0.1) is 5.82 Å². The first-order valence-electron chi connectivity index (χ1n) is 9.98. The number of hydrogen-bond donors (Lipinski definition) is 0. The maximum atomic E-state index is 13.4. The molecule has 0 spiro atoms. The van der Waals surface area contributed by atoms with E-state index in [4.69, 9.17) is 0 Å². The Balaban J connectivity index is 1.47. The fraction of sp³-hybridized carbons (Fsp3) is 0.667. The van der Waals surface area contributed by atoms with Gasteiger partial charge in [-0.05, 0) is 43.4 Å². The second-order valence-corrected chi connectivity index (χ2v) is 8.06. The van der Waals surface area contributed by atoms with Gasteiger partial charge in [0.15, 0.2) is 0 Å². The molecule has 0 unspecified atom stereocenters. The van der Waals surface area contributed by atoms with Crippen molar-refractivity contribution < 1.29 is 9.18 Å². The first kappa shape index (κ1) is 17.0. The number of piperazine rings is 1. The van der Waals surface area contributed by atoms with Crippen LogP contribution in [0.15, 0.2) is 24.3 Å². The summed E-state index contributed by atoms with van der Waals surface area (Å²) in [5, 5.41) is 0. The summed E-state index contributed by atoms with van der Waals surface area (Å²) in [7, 11) is 0. The van der Waals surface area contributed by atoms with Crippen LogP contribution in [-0.2, 0) is 10.2 Å². The van der Waals surface area contributed by atoms with Crippen LogP contribution in [0.1, 0.15) is 56.9 Å². The number of hydrogen-bond acceptors (Lipinski definition) is 2. The van der Waals surface area contributed by atoms with Crippen LogP contribution in [0.2, 0.25) is 0 Å². The van der Waals surface area contributed by atoms with E-state index in [1.807, 2.05) is 12.1 Å². The quantitative estimate of drug-likeness (QED) is 0.834. The van der Waals surface area contributed by atoms with E-state index in [0.717, 1.165) is 63.5 Å². The van der Waals surface area contributed by atoms with Gasteiger partial charge >= 0.3 is 0 Å². The molecular weight excluding hydrogens is 315 g/mol. The summed E-state index contributed by atoms with van der Waals surface area (Å²) in [5.74, 6) is 0.0530. The highest BCUT2D eigenvalue weighted by molar-refractivity contribution is 5.88. The summed E-state index contributed by atoms with van der Waals surface area (Å²) >= 11 is 0. The smallest absolute Gasteiger partial charge is 0.233 e. The van der Waals surface area contributed by atoms with E-state index in [-0.39, 0.29) is 11.7 Å². The van der Waals surface area contributed by atoms with Crippen molar-refractivity contribution in [2.24, 2.45) is 0 Å². The summed E-state index contributed by atoms with van der Waals surface area (Å²) in [6, 6.07) is 7.40. The molecular formula is C21H29FN2O. The van der Waals surface area contributed by atoms with Gasteiger partial charge in [-0.15, -0.1) is 0 Å². The van der Waals surface area contributed by atoms with Gasteiger partial charge in [-0.2, -0.15) is 0 Å². The average molecular weight is 344 g/mol. The highest BCUT2D eigenvalue weighted by Crippen LogP contribution is 2.43. The number of rotatable bonds is 3. The number of nitrogens with zero attached hydrogens (tertiary/aromatic N) is 2. The van der Waals surface area contributed by atoms with E-state index in [9.17, 15) is 9.18 Å². The third-order valence-electron chi connectivity index (χ3n) is 6.71. The Morgan fingerprint density at radius 1 is 0.920 bits per heavy atom. The maximum Gasteiger partial charge on any atom is 0.233 e. The monoisotopic (exact) mass is 344 g/mol. The molecule has 4 rings (SSSR count). The molecule has 4 heteroatoms. The van der Waals surface area contributed by atoms with Gasteiger partial charge in [0.25, 0.3) is 0 Å². The molecule has 1 aliphatic heterocycles.